The van der Waals surface area contributed by atoms with Crippen molar-refractivity contribution in [3.8, 4) is 5.75 Å². The molecule has 0 spiro atoms. The van der Waals surface area contributed by atoms with Crippen molar-refractivity contribution in [2.45, 2.75) is 31.3 Å². The molecule has 1 aliphatic heterocycles. The maximum Gasteiger partial charge on any atom is 0.226 e. The van der Waals surface area contributed by atoms with Gasteiger partial charge in [0.1, 0.15) is 5.75 Å². The van der Waals surface area contributed by atoms with Crippen molar-refractivity contribution < 1.29 is 14.3 Å². The largest absolute Gasteiger partial charge is 0.497 e. The second kappa shape index (κ2) is 8.97. The number of amides is 1. The number of carbonyl (C=O) groups is 1. The Bertz CT molecular complexity index is 814. The van der Waals surface area contributed by atoms with E-state index in [1.807, 2.05) is 41.2 Å². The summed E-state index contributed by atoms with van der Waals surface area (Å²) in [6.45, 7) is 3.42. The Morgan fingerprint density at radius 3 is 2.66 bits per heavy atom. The van der Waals surface area contributed by atoms with Crippen molar-refractivity contribution in [3.63, 3.8) is 0 Å². The lowest BCUT2D eigenvalue weighted by Gasteiger charge is -2.31. The lowest BCUT2D eigenvalue weighted by atomic mass is 9.88. The van der Waals surface area contributed by atoms with Gasteiger partial charge in [-0.3, -0.25) is 9.48 Å². The number of aryl methyl sites for hydroxylation is 1. The molecule has 2 heterocycles. The molecule has 7 heteroatoms. The number of aromatic nitrogens is 2. The molecule has 156 valence electrons. The summed E-state index contributed by atoms with van der Waals surface area (Å²) in [4.78, 5) is 15.3. The van der Waals surface area contributed by atoms with E-state index in [1.165, 1.54) is 5.56 Å². The van der Waals surface area contributed by atoms with E-state index >= 15 is 0 Å². The fraction of sp³-hybridized carbons (Fsp3) is 0.545. The van der Waals surface area contributed by atoms with Gasteiger partial charge in [-0.05, 0) is 36.5 Å². The summed E-state index contributed by atoms with van der Waals surface area (Å²) in [5.74, 6) is 1.31. The predicted molar refractivity (Wildman–Crippen MR) is 110 cm³/mol. The van der Waals surface area contributed by atoms with E-state index in [-0.39, 0.29) is 17.7 Å². The number of rotatable bonds is 6. The summed E-state index contributed by atoms with van der Waals surface area (Å²) in [7, 11) is 3.60. The van der Waals surface area contributed by atoms with Crippen LogP contribution in [-0.4, -0.2) is 60.0 Å². The molecule has 2 aromatic rings. The third kappa shape index (κ3) is 4.62. The molecule has 1 saturated carbocycles. The van der Waals surface area contributed by atoms with E-state index in [2.05, 4.69) is 22.5 Å². The Morgan fingerprint density at radius 2 is 2.00 bits per heavy atom. The van der Waals surface area contributed by atoms with Gasteiger partial charge in [0.2, 0.25) is 5.91 Å². The van der Waals surface area contributed by atoms with E-state index in [0.717, 1.165) is 30.7 Å². The van der Waals surface area contributed by atoms with Crippen LogP contribution in [0.15, 0.2) is 36.7 Å². The van der Waals surface area contributed by atoms with E-state index in [9.17, 15) is 4.79 Å². The van der Waals surface area contributed by atoms with E-state index in [4.69, 9.17) is 9.47 Å². The molecule has 0 radical (unpaired) electrons. The molecule has 2 fully saturated rings. The van der Waals surface area contributed by atoms with Crippen LogP contribution >= 0.6 is 0 Å². The van der Waals surface area contributed by atoms with Crippen LogP contribution < -0.4 is 10.1 Å². The monoisotopic (exact) mass is 398 g/mol. The quantitative estimate of drug-likeness (QED) is 0.805. The highest BCUT2D eigenvalue weighted by Gasteiger charge is 2.41. The number of ether oxygens (including phenoxy) is 2. The average molecular weight is 399 g/mol. The molecule has 1 amide bonds. The molecule has 3 atom stereocenters. The SMILES string of the molecule is COc1ccc([C@H]2C[C@H](NCc3cnn(C)c3)C[C@@H]2C(=O)N2CCOCC2)cc1. The first-order valence-corrected chi connectivity index (χ1v) is 10.4. The molecule has 1 saturated heterocycles. The van der Waals surface area contributed by atoms with Crippen molar-refractivity contribution >= 4 is 5.91 Å². The number of carbonyl (C=O) groups excluding carboxylic acids is 1. The number of nitrogens with zero attached hydrogens (tertiary/aromatic N) is 3. The zero-order chi connectivity index (χ0) is 20.2. The summed E-state index contributed by atoms with van der Waals surface area (Å²) in [5, 5.41) is 7.89. The standard InChI is InChI=1S/C22H30N4O3/c1-25-15-16(14-24-25)13-23-18-11-20(17-3-5-19(28-2)6-4-17)21(12-18)22(27)26-7-9-29-10-8-26/h3-6,14-15,18,20-21,23H,7-13H2,1-2H3/t18-,20+,21-/m0/s1. The van der Waals surface area contributed by atoms with Gasteiger partial charge < -0.3 is 19.7 Å². The third-order valence-corrected chi connectivity index (χ3v) is 6.10. The zero-order valence-corrected chi connectivity index (χ0v) is 17.2. The molecule has 0 bridgehead atoms. The molecule has 7 nitrogen and oxygen atoms in total. The molecule has 0 unspecified atom stereocenters. The Kier molecular flexibility index (Phi) is 6.16. The van der Waals surface area contributed by atoms with Crippen molar-refractivity contribution in [3.05, 3.63) is 47.8 Å². The summed E-state index contributed by atoms with van der Waals surface area (Å²) < 4.78 is 12.6. The van der Waals surface area contributed by atoms with Gasteiger partial charge in [-0.15, -0.1) is 0 Å². The zero-order valence-electron chi connectivity index (χ0n) is 17.2. The lowest BCUT2D eigenvalue weighted by Crippen LogP contribution is -2.44. The van der Waals surface area contributed by atoms with E-state index < -0.39 is 0 Å². The first kappa shape index (κ1) is 19.9. The molecular formula is C22H30N4O3. The van der Waals surface area contributed by atoms with Crippen LogP contribution in [0.5, 0.6) is 5.75 Å². The van der Waals surface area contributed by atoms with Gasteiger partial charge in [-0.1, -0.05) is 12.1 Å². The maximum atomic E-state index is 13.3. The third-order valence-electron chi connectivity index (χ3n) is 6.10. The normalized spacial score (nSPS) is 24.6. The van der Waals surface area contributed by atoms with Gasteiger partial charge in [0.05, 0.1) is 26.5 Å². The Balaban J connectivity index is 1.49. The van der Waals surface area contributed by atoms with E-state index in [1.54, 1.807) is 7.11 Å². The van der Waals surface area contributed by atoms with Crippen LogP contribution in [0, 0.1) is 5.92 Å². The maximum absolute atomic E-state index is 13.3. The molecule has 1 aliphatic carbocycles. The summed E-state index contributed by atoms with van der Waals surface area (Å²) >= 11 is 0. The second-order valence-corrected chi connectivity index (χ2v) is 8.00. The smallest absolute Gasteiger partial charge is 0.226 e. The van der Waals surface area contributed by atoms with Crippen molar-refractivity contribution in [1.82, 2.24) is 20.0 Å². The van der Waals surface area contributed by atoms with Crippen molar-refractivity contribution in [2.75, 3.05) is 33.4 Å². The topological polar surface area (TPSA) is 68.6 Å². The average Bonchev–Trinajstić information content (AvgIpc) is 3.38. The molecule has 1 N–H and O–H groups in total. The van der Waals surface area contributed by atoms with Crippen LogP contribution in [0.2, 0.25) is 0 Å². The molecule has 29 heavy (non-hydrogen) atoms. The Labute approximate surface area is 172 Å². The number of benzene rings is 1. The Hall–Kier alpha value is -2.38. The number of hydrogen-bond acceptors (Lipinski definition) is 5. The first-order chi connectivity index (χ1) is 14.1. The van der Waals surface area contributed by atoms with Crippen LogP contribution in [0.1, 0.15) is 29.9 Å². The van der Waals surface area contributed by atoms with Crippen LogP contribution in [0.25, 0.3) is 0 Å². The minimum Gasteiger partial charge on any atom is -0.497 e. The number of nitrogens with one attached hydrogen (secondary N) is 1. The van der Waals surface area contributed by atoms with Gasteiger partial charge in [-0.25, -0.2) is 0 Å². The van der Waals surface area contributed by atoms with Gasteiger partial charge in [0.25, 0.3) is 0 Å². The van der Waals surface area contributed by atoms with Crippen LogP contribution in [0.3, 0.4) is 0 Å². The van der Waals surface area contributed by atoms with Crippen molar-refractivity contribution in [1.29, 1.82) is 0 Å². The van der Waals surface area contributed by atoms with E-state index in [0.29, 0.717) is 32.3 Å². The van der Waals surface area contributed by atoms with Gasteiger partial charge >= 0.3 is 0 Å². The predicted octanol–water partition coefficient (Wildman–Crippen LogP) is 1.94. The number of morpholine rings is 1. The van der Waals surface area contributed by atoms with Gasteiger partial charge in [0.15, 0.2) is 0 Å². The van der Waals surface area contributed by atoms with Gasteiger partial charge in [-0.2, -0.15) is 5.10 Å². The summed E-state index contributed by atoms with van der Waals surface area (Å²) in [6, 6.07) is 8.49. The van der Waals surface area contributed by atoms with Crippen LogP contribution in [0.4, 0.5) is 0 Å². The molecule has 1 aromatic carbocycles. The molecule has 1 aromatic heterocycles. The first-order valence-electron chi connectivity index (χ1n) is 10.4. The highest BCUT2D eigenvalue weighted by atomic mass is 16.5. The minimum absolute atomic E-state index is 0.00658. The highest BCUT2D eigenvalue weighted by molar-refractivity contribution is 5.80. The van der Waals surface area contributed by atoms with Crippen molar-refractivity contribution in [2.24, 2.45) is 13.0 Å². The van der Waals surface area contributed by atoms with Gasteiger partial charge in [0, 0.05) is 50.4 Å². The molecule has 4 rings (SSSR count). The summed E-state index contributed by atoms with van der Waals surface area (Å²) in [6.07, 6.45) is 5.72. The molecule has 2 aliphatic rings. The molecular weight excluding hydrogens is 368 g/mol. The number of methoxy groups -OCH3 is 1. The fourth-order valence-electron chi connectivity index (χ4n) is 4.54. The highest BCUT2D eigenvalue weighted by Crippen LogP contribution is 2.41. The van der Waals surface area contributed by atoms with Crippen LogP contribution in [-0.2, 0) is 23.1 Å². The fourth-order valence-corrected chi connectivity index (χ4v) is 4.54. The minimum atomic E-state index is -0.00658. The number of hydrogen-bond donors (Lipinski definition) is 1. The second-order valence-electron chi connectivity index (χ2n) is 8.00. The summed E-state index contributed by atoms with van der Waals surface area (Å²) in [5.41, 5.74) is 2.37. The lowest BCUT2D eigenvalue weighted by molar-refractivity contribution is -0.140. The Morgan fingerprint density at radius 1 is 1.24 bits per heavy atom.